The van der Waals surface area contributed by atoms with Crippen molar-refractivity contribution in [2.24, 2.45) is 7.05 Å². The molecular weight excluding hydrogens is 296 g/mol. The Bertz CT molecular complexity index is 664. The quantitative estimate of drug-likeness (QED) is 0.815. The van der Waals surface area contributed by atoms with E-state index in [1.165, 1.54) is 0 Å². The molecule has 124 valence electrons. The molecule has 0 radical (unpaired) electrons. The van der Waals surface area contributed by atoms with Crippen LogP contribution in [-0.4, -0.2) is 65.1 Å². The zero-order chi connectivity index (χ0) is 16.2. The fourth-order valence-corrected chi connectivity index (χ4v) is 2.86. The molecule has 23 heavy (non-hydrogen) atoms. The summed E-state index contributed by atoms with van der Waals surface area (Å²) in [5.74, 6) is 0.0305. The average molecular weight is 318 g/mol. The molecule has 1 N–H and O–H groups in total. The highest BCUT2D eigenvalue weighted by Crippen LogP contribution is 2.25. The lowest BCUT2D eigenvalue weighted by Gasteiger charge is -2.17. The van der Waals surface area contributed by atoms with Gasteiger partial charge in [0.2, 0.25) is 0 Å². The van der Waals surface area contributed by atoms with Crippen molar-refractivity contribution in [1.82, 2.24) is 19.7 Å². The molecule has 1 aliphatic rings. The number of carbonyl (C=O) groups is 1. The third kappa shape index (κ3) is 3.46. The number of methoxy groups -OCH3 is 1. The molecule has 1 fully saturated rings. The van der Waals surface area contributed by atoms with Crippen LogP contribution in [0.3, 0.4) is 0 Å². The van der Waals surface area contributed by atoms with Crippen molar-refractivity contribution in [3.8, 4) is 11.1 Å². The van der Waals surface area contributed by atoms with Gasteiger partial charge in [-0.2, -0.15) is 5.10 Å². The maximum Gasteiger partial charge on any atom is 0.256 e. The summed E-state index contributed by atoms with van der Waals surface area (Å²) in [6.45, 7) is 2.48. The van der Waals surface area contributed by atoms with Crippen molar-refractivity contribution in [1.29, 1.82) is 0 Å². The summed E-state index contributed by atoms with van der Waals surface area (Å²) in [5, 5.41) is 4.17. The summed E-state index contributed by atoms with van der Waals surface area (Å²) in [6.07, 6.45) is 8.22. The second-order valence-electron chi connectivity index (χ2n) is 5.71. The Morgan fingerprint density at radius 2 is 2.30 bits per heavy atom. The number of hydrogen-bond donors (Lipinski definition) is 1. The predicted octanol–water partition coefficient (Wildman–Crippen LogP) is 1.29. The predicted molar refractivity (Wildman–Crippen MR) is 85.1 cm³/mol. The molecule has 1 saturated heterocycles. The van der Waals surface area contributed by atoms with Crippen LogP contribution in [0.4, 0.5) is 0 Å². The third-order valence-electron chi connectivity index (χ3n) is 4.07. The van der Waals surface area contributed by atoms with Crippen LogP contribution < -0.4 is 0 Å². The topological polar surface area (TPSA) is 72.4 Å². The summed E-state index contributed by atoms with van der Waals surface area (Å²) < 4.78 is 12.4. The SMILES string of the molecule is COCCOC1CCN(C(=O)c2c[nH]cc2-c2cnn(C)c2)C1. The van der Waals surface area contributed by atoms with Crippen molar-refractivity contribution in [2.45, 2.75) is 12.5 Å². The summed E-state index contributed by atoms with van der Waals surface area (Å²) in [4.78, 5) is 17.7. The maximum absolute atomic E-state index is 12.8. The largest absolute Gasteiger partial charge is 0.382 e. The van der Waals surface area contributed by atoms with E-state index in [4.69, 9.17) is 9.47 Å². The molecule has 0 aromatic carbocycles. The van der Waals surface area contributed by atoms with Crippen LogP contribution in [0, 0.1) is 0 Å². The highest BCUT2D eigenvalue weighted by molar-refractivity contribution is 6.00. The van der Waals surface area contributed by atoms with Crippen LogP contribution in [0.15, 0.2) is 24.8 Å². The lowest BCUT2D eigenvalue weighted by molar-refractivity contribution is 0.0218. The Labute approximate surface area is 135 Å². The number of likely N-dealkylation sites (tertiary alicyclic amines) is 1. The van der Waals surface area contributed by atoms with E-state index in [1.807, 2.05) is 24.3 Å². The van der Waals surface area contributed by atoms with E-state index < -0.39 is 0 Å². The number of nitrogens with one attached hydrogen (secondary N) is 1. The first-order chi connectivity index (χ1) is 11.2. The van der Waals surface area contributed by atoms with E-state index in [0.717, 1.165) is 17.5 Å². The Kier molecular flexibility index (Phi) is 4.78. The minimum Gasteiger partial charge on any atom is -0.382 e. The summed E-state index contributed by atoms with van der Waals surface area (Å²) >= 11 is 0. The van der Waals surface area contributed by atoms with Crippen molar-refractivity contribution in [2.75, 3.05) is 33.4 Å². The molecule has 1 aliphatic heterocycles. The van der Waals surface area contributed by atoms with Gasteiger partial charge < -0.3 is 19.4 Å². The van der Waals surface area contributed by atoms with Gasteiger partial charge in [-0.25, -0.2) is 0 Å². The molecule has 2 aromatic rings. The molecule has 1 amide bonds. The van der Waals surface area contributed by atoms with Gasteiger partial charge in [-0.1, -0.05) is 0 Å². The van der Waals surface area contributed by atoms with Crippen LogP contribution in [0.5, 0.6) is 0 Å². The molecule has 1 atom stereocenters. The highest BCUT2D eigenvalue weighted by atomic mass is 16.5. The van der Waals surface area contributed by atoms with Crippen LogP contribution in [0.2, 0.25) is 0 Å². The average Bonchev–Trinajstić information content (AvgIpc) is 3.26. The smallest absolute Gasteiger partial charge is 0.256 e. The molecule has 0 aliphatic carbocycles. The Balaban J connectivity index is 1.67. The number of ether oxygens (including phenoxy) is 2. The van der Waals surface area contributed by atoms with E-state index in [1.54, 1.807) is 24.2 Å². The number of aromatic amines is 1. The van der Waals surface area contributed by atoms with Gasteiger partial charge in [0.05, 0.1) is 31.1 Å². The van der Waals surface area contributed by atoms with Crippen molar-refractivity contribution < 1.29 is 14.3 Å². The lowest BCUT2D eigenvalue weighted by atomic mass is 10.1. The van der Waals surface area contributed by atoms with E-state index in [2.05, 4.69) is 10.1 Å². The molecule has 3 heterocycles. The Hall–Kier alpha value is -2.12. The first-order valence-electron chi connectivity index (χ1n) is 7.74. The van der Waals surface area contributed by atoms with Gasteiger partial charge in [0, 0.05) is 57.0 Å². The zero-order valence-corrected chi connectivity index (χ0v) is 13.5. The van der Waals surface area contributed by atoms with E-state index in [-0.39, 0.29) is 12.0 Å². The number of aryl methyl sites for hydroxylation is 1. The van der Waals surface area contributed by atoms with Crippen LogP contribution in [0.1, 0.15) is 16.8 Å². The first-order valence-corrected chi connectivity index (χ1v) is 7.74. The lowest BCUT2D eigenvalue weighted by Crippen LogP contribution is -2.30. The summed E-state index contributed by atoms with van der Waals surface area (Å²) in [5.41, 5.74) is 2.49. The van der Waals surface area contributed by atoms with E-state index >= 15 is 0 Å². The monoisotopic (exact) mass is 318 g/mol. The van der Waals surface area contributed by atoms with E-state index in [9.17, 15) is 4.79 Å². The highest BCUT2D eigenvalue weighted by Gasteiger charge is 2.29. The minimum atomic E-state index is 0.0305. The summed E-state index contributed by atoms with van der Waals surface area (Å²) in [7, 11) is 3.51. The zero-order valence-electron chi connectivity index (χ0n) is 13.5. The number of hydrogen-bond acceptors (Lipinski definition) is 4. The van der Waals surface area contributed by atoms with Crippen LogP contribution >= 0.6 is 0 Å². The number of rotatable bonds is 6. The number of nitrogens with zero attached hydrogens (tertiary/aromatic N) is 3. The van der Waals surface area contributed by atoms with Crippen molar-refractivity contribution in [3.63, 3.8) is 0 Å². The fourth-order valence-electron chi connectivity index (χ4n) is 2.86. The summed E-state index contributed by atoms with van der Waals surface area (Å²) in [6, 6.07) is 0. The molecule has 0 saturated carbocycles. The van der Waals surface area contributed by atoms with Crippen molar-refractivity contribution in [3.05, 3.63) is 30.4 Å². The van der Waals surface area contributed by atoms with Crippen LogP contribution in [0.25, 0.3) is 11.1 Å². The number of amides is 1. The number of aromatic nitrogens is 3. The molecule has 1 unspecified atom stereocenters. The first kappa shape index (κ1) is 15.8. The van der Waals surface area contributed by atoms with Crippen molar-refractivity contribution >= 4 is 5.91 Å². The third-order valence-corrected chi connectivity index (χ3v) is 4.07. The van der Waals surface area contributed by atoms with E-state index in [0.29, 0.717) is 31.9 Å². The Morgan fingerprint density at radius 3 is 3.04 bits per heavy atom. The van der Waals surface area contributed by atoms with Crippen LogP contribution in [-0.2, 0) is 16.5 Å². The van der Waals surface area contributed by atoms with Gasteiger partial charge in [-0.3, -0.25) is 9.48 Å². The number of carbonyl (C=O) groups excluding carboxylic acids is 1. The maximum atomic E-state index is 12.8. The Morgan fingerprint density at radius 1 is 1.43 bits per heavy atom. The molecule has 7 heteroatoms. The van der Waals surface area contributed by atoms with Gasteiger partial charge >= 0.3 is 0 Å². The normalized spacial score (nSPS) is 17.8. The standard InChI is InChI=1S/C16H22N4O3/c1-19-10-12(7-18-19)14-8-17-9-15(14)16(21)20-4-3-13(11-20)23-6-5-22-2/h7-10,13,17H,3-6,11H2,1-2H3. The van der Waals surface area contributed by atoms with Gasteiger partial charge in [-0.05, 0) is 6.42 Å². The molecule has 0 bridgehead atoms. The van der Waals surface area contributed by atoms with Gasteiger partial charge in [0.15, 0.2) is 0 Å². The molecule has 0 spiro atoms. The van der Waals surface area contributed by atoms with Gasteiger partial charge in [0.1, 0.15) is 0 Å². The molecular formula is C16H22N4O3. The fraction of sp³-hybridized carbons (Fsp3) is 0.500. The second-order valence-corrected chi connectivity index (χ2v) is 5.71. The van der Waals surface area contributed by atoms with Gasteiger partial charge in [0.25, 0.3) is 5.91 Å². The second kappa shape index (κ2) is 6.97. The molecule has 7 nitrogen and oxygen atoms in total. The molecule has 3 rings (SSSR count). The van der Waals surface area contributed by atoms with Gasteiger partial charge in [-0.15, -0.1) is 0 Å². The minimum absolute atomic E-state index is 0.0305. The number of H-pyrrole nitrogens is 1. The molecule has 2 aromatic heterocycles.